The van der Waals surface area contributed by atoms with Crippen molar-refractivity contribution >= 4 is 10.0 Å². The lowest BCUT2D eigenvalue weighted by Crippen LogP contribution is -2.38. The van der Waals surface area contributed by atoms with E-state index >= 15 is 0 Å². The van der Waals surface area contributed by atoms with Gasteiger partial charge in [0.1, 0.15) is 22.3 Å². The van der Waals surface area contributed by atoms with Gasteiger partial charge in [-0.1, -0.05) is 6.07 Å². The van der Waals surface area contributed by atoms with Gasteiger partial charge in [-0.25, -0.2) is 21.9 Å². The number of aliphatic hydroxyl groups excluding tert-OH is 1. The molecule has 2 aromatic rings. The molecule has 164 valence electrons. The molecule has 0 unspecified atom stereocenters. The first-order valence-electron chi connectivity index (χ1n) is 9.00. The average molecular weight is 451 g/mol. The van der Waals surface area contributed by atoms with Gasteiger partial charge in [0.25, 0.3) is 0 Å². The fraction of sp³-hybridized carbons (Fsp3) is 0.368. The number of hydrogen-bond acceptors (Lipinski definition) is 4. The second-order valence-corrected chi connectivity index (χ2v) is 8.64. The fourth-order valence-corrected chi connectivity index (χ4v) is 4.72. The van der Waals surface area contributed by atoms with Gasteiger partial charge >= 0.3 is 6.36 Å². The van der Waals surface area contributed by atoms with Crippen LogP contribution in [0.25, 0.3) is 11.1 Å². The Kier molecular flexibility index (Phi) is 6.34. The van der Waals surface area contributed by atoms with Crippen LogP contribution in [0.2, 0.25) is 0 Å². The van der Waals surface area contributed by atoms with Gasteiger partial charge in [-0.3, -0.25) is 0 Å². The van der Waals surface area contributed by atoms with Crippen LogP contribution in [0.1, 0.15) is 25.7 Å². The Morgan fingerprint density at radius 2 is 1.67 bits per heavy atom. The molecular formula is C19H18F5NO4S. The maximum atomic E-state index is 14.0. The van der Waals surface area contributed by atoms with Gasteiger partial charge in [0.2, 0.25) is 10.0 Å². The summed E-state index contributed by atoms with van der Waals surface area (Å²) in [6, 6.07) is 4.68. The molecule has 1 fully saturated rings. The van der Waals surface area contributed by atoms with Crippen molar-refractivity contribution in [1.82, 2.24) is 4.72 Å². The summed E-state index contributed by atoms with van der Waals surface area (Å²) in [5, 5.41) is 9.52. The molecule has 3 rings (SSSR count). The first kappa shape index (κ1) is 22.4. The van der Waals surface area contributed by atoms with Gasteiger partial charge in [-0.2, -0.15) is 0 Å². The van der Waals surface area contributed by atoms with Gasteiger partial charge in [0, 0.05) is 17.7 Å². The molecule has 1 saturated carbocycles. The standard InChI is InChI=1S/C19H18F5NO4S/c20-12-2-7-15(16(21)10-12)11-1-8-18(17(9-11)29-19(22,23)24)30(27,28)25-13-3-5-14(26)6-4-13/h1-2,7-10,13-14,25-26H,3-6H2. The van der Waals surface area contributed by atoms with Crippen molar-refractivity contribution in [2.45, 2.75) is 49.1 Å². The maximum Gasteiger partial charge on any atom is 0.573 e. The van der Waals surface area contributed by atoms with Crippen molar-refractivity contribution < 1.29 is 40.2 Å². The van der Waals surface area contributed by atoms with Crippen LogP contribution in [-0.2, 0) is 10.0 Å². The number of nitrogens with one attached hydrogen (secondary N) is 1. The highest BCUT2D eigenvalue weighted by Crippen LogP contribution is 2.35. The van der Waals surface area contributed by atoms with E-state index in [1.165, 1.54) is 0 Å². The summed E-state index contributed by atoms with van der Waals surface area (Å²) in [4.78, 5) is -0.766. The van der Waals surface area contributed by atoms with Crippen LogP contribution >= 0.6 is 0 Å². The third kappa shape index (κ3) is 5.46. The highest BCUT2D eigenvalue weighted by atomic mass is 32.2. The van der Waals surface area contributed by atoms with Crippen LogP contribution in [0.5, 0.6) is 5.75 Å². The Hall–Kier alpha value is -2.24. The number of sulfonamides is 1. The second kappa shape index (κ2) is 8.48. The number of hydrogen-bond donors (Lipinski definition) is 2. The highest BCUT2D eigenvalue weighted by molar-refractivity contribution is 7.89. The van der Waals surface area contributed by atoms with E-state index in [9.17, 15) is 35.5 Å². The van der Waals surface area contributed by atoms with E-state index in [-0.39, 0.29) is 11.1 Å². The average Bonchev–Trinajstić information content (AvgIpc) is 2.62. The van der Waals surface area contributed by atoms with Crippen LogP contribution in [0.15, 0.2) is 41.3 Å². The van der Waals surface area contributed by atoms with E-state index in [0.717, 1.165) is 30.3 Å². The van der Waals surface area contributed by atoms with Gasteiger partial charge in [0.05, 0.1) is 6.10 Å². The summed E-state index contributed by atoms with van der Waals surface area (Å²) in [7, 11) is -4.41. The molecule has 0 amide bonds. The predicted molar refractivity (Wildman–Crippen MR) is 97.1 cm³/mol. The van der Waals surface area contributed by atoms with Crippen LogP contribution < -0.4 is 9.46 Å². The lowest BCUT2D eigenvalue weighted by atomic mass is 9.94. The lowest BCUT2D eigenvalue weighted by Gasteiger charge is -2.26. The molecule has 30 heavy (non-hydrogen) atoms. The van der Waals surface area contributed by atoms with E-state index in [1.807, 2.05) is 0 Å². The smallest absolute Gasteiger partial charge is 0.404 e. The summed E-state index contributed by atoms with van der Waals surface area (Å²) < 4.78 is 97.4. The summed E-state index contributed by atoms with van der Waals surface area (Å²) >= 11 is 0. The molecule has 2 N–H and O–H groups in total. The van der Waals surface area contributed by atoms with Crippen LogP contribution in [0, 0.1) is 11.6 Å². The number of rotatable bonds is 5. The van der Waals surface area contributed by atoms with Crippen LogP contribution in [-0.4, -0.2) is 32.0 Å². The van der Waals surface area contributed by atoms with E-state index in [0.29, 0.717) is 31.7 Å². The first-order chi connectivity index (χ1) is 13.9. The lowest BCUT2D eigenvalue weighted by molar-refractivity contribution is -0.275. The van der Waals surface area contributed by atoms with Crippen molar-refractivity contribution in [3.05, 3.63) is 48.0 Å². The Labute approximate surface area is 169 Å². The SMILES string of the molecule is O=S(=O)(NC1CCC(O)CC1)c1ccc(-c2ccc(F)cc2F)cc1OC(F)(F)F. The van der Waals surface area contributed by atoms with Gasteiger partial charge in [-0.05, 0) is 55.5 Å². The van der Waals surface area contributed by atoms with Crippen molar-refractivity contribution in [3.63, 3.8) is 0 Å². The minimum atomic E-state index is -5.20. The molecule has 1 aliphatic rings. The molecule has 0 saturated heterocycles. The van der Waals surface area contributed by atoms with E-state index < -0.39 is 50.8 Å². The molecule has 0 aromatic heterocycles. The van der Waals surface area contributed by atoms with Gasteiger partial charge in [0.15, 0.2) is 0 Å². The molecule has 0 heterocycles. The van der Waals surface area contributed by atoms with Crippen molar-refractivity contribution in [2.24, 2.45) is 0 Å². The predicted octanol–water partition coefficient (Wildman–Crippen LogP) is 4.11. The Balaban J connectivity index is 1.98. The third-order valence-electron chi connectivity index (χ3n) is 4.72. The second-order valence-electron chi connectivity index (χ2n) is 6.96. The molecule has 5 nitrogen and oxygen atoms in total. The quantitative estimate of drug-likeness (QED) is 0.671. The van der Waals surface area contributed by atoms with E-state index in [4.69, 9.17) is 0 Å². The topological polar surface area (TPSA) is 75.6 Å². The zero-order valence-electron chi connectivity index (χ0n) is 15.4. The maximum absolute atomic E-state index is 14.0. The van der Waals surface area contributed by atoms with Crippen LogP contribution in [0.4, 0.5) is 22.0 Å². The van der Waals surface area contributed by atoms with E-state index in [1.54, 1.807) is 0 Å². The highest BCUT2D eigenvalue weighted by Gasteiger charge is 2.35. The van der Waals surface area contributed by atoms with Crippen molar-refractivity contribution in [2.75, 3.05) is 0 Å². The number of alkyl halides is 3. The molecule has 0 atom stereocenters. The van der Waals surface area contributed by atoms with E-state index in [2.05, 4.69) is 9.46 Å². The minimum Gasteiger partial charge on any atom is -0.404 e. The van der Waals surface area contributed by atoms with Crippen molar-refractivity contribution in [1.29, 1.82) is 0 Å². The van der Waals surface area contributed by atoms with Gasteiger partial charge < -0.3 is 9.84 Å². The number of halogens is 5. The molecule has 0 bridgehead atoms. The fourth-order valence-electron chi connectivity index (χ4n) is 3.30. The summed E-state index contributed by atoms with van der Waals surface area (Å²) in [6.45, 7) is 0. The molecule has 1 aliphatic carbocycles. The van der Waals surface area contributed by atoms with Gasteiger partial charge in [-0.15, -0.1) is 13.2 Å². The Morgan fingerprint density at radius 1 is 1.00 bits per heavy atom. The van der Waals surface area contributed by atoms with Crippen LogP contribution in [0.3, 0.4) is 0 Å². The monoisotopic (exact) mass is 451 g/mol. The molecule has 0 spiro atoms. The zero-order chi connectivity index (χ0) is 22.1. The summed E-state index contributed by atoms with van der Waals surface area (Å²) in [5.41, 5.74) is -0.340. The molecule has 0 radical (unpaired) electrons. The summed E-state index contributed by atoms with van der Waals surface area (Å²) in [5.74, 6) is -2.93. The Morgan fingerprint density at radius 3 is 2.27 bits per heavy atom. The van der Waals surface area contributed by atoms with Crippen molar-refractivity contribution in [3.8, 4) is 16.9 Å². The molecule has 0 aliphatic heterocycles. The summed E-state index contributed by atoms with van der Waals surface area (Å²) in [6.07, 6.45) is -4.35. The molecular weight excluding hydrogens is 433 g/mol. The first-order valence-corrected chi connectivity index (χ1v) is 10.5. The largest absolute Gasteiger partial charge is 0.573 e. The number of aliphatic hydroxyl groups is 1. The zero-order valence-corrected chi connectivity index (χ0v) is 16.2. The number of benzene rings is 2. The third-order valence-corrected chi connectivity index (χ3v) is 6.28. The number of ether oxygens (including phenoxy) is 1. The minimum absolute atomic E-state index is 0.119. The normalized spacial score (nSPS) is 20.2. The molecule has 11 heteroatoms. The molecule has 2 aromatic carbocycles. The Bertz CT molecular complexity index is 1020.